The summed E-state index contributed by atoms with van der Waals surface area (Å²) in [5.74, 6) is -0.524. The Kier molecular flexibility index (Phi) is 6.40. The number of amidine groups is 1. The van der Waals surface area contributed by atoms with E-state index < -0.39 is 5.82 Å². The molecule has 0 saturated carbocycles. The van der Waals surface area contributed by atoms with Gasteiger partial charge in [0, 0.05) is 12.0 Å². The quantitative estimate of drug-likeness (QED) is 0.532. The lowest BCUT2D eigenvalue weighted by atomic mass is 9.95. The highest BCUT2D eigenvalue weighted by atomic mass is 79.9. The summed E-state index contributed by atoms with van der Waals surface area (Å²) in [7, 11) is 0. The van der Waals surface area contributed by atoms with Crippen LogP contribution >= 0.6 is 15.9 Å². The van der Waals surface area contributed by atoms with Crippen LogP contribution in [-0.4, -0.2) is 46.1 Å². The Hall–Kier alpha value is -2.33. The lowest BCUT2D eigenvalue weighted by molar-refractivity contribution is -0.121. The second-order valence-electron chi connectivity index (χ2n) is 6.95. The molecule has 2 aromatic rings. The van der Waals surface area contributed by atoms with Crippen molar-refractivity contribution in [3.05, 3.63) is 34.2 Å². The first kappa shape index (κ1) is 20.4. The molecule has 2 heterocycles. The highest BCUT2D eigenvalue weighted by Gasteiger charge is 2.27. The van der Waals surface area contributed by atoms with Gasteiger partial charge in [0.25, 0.3) is 0 Å². The number of anilines is 1. The Labute approximate surface area is 170 Å². The number of nitrogens with zero attached hydrogens (tertiary/aromatic N) is 4. The van der Waals surface area contributed by atoms with Crippen molar-refractivity contribution in [3.63, 3.8) is 0 Å². The van der Waals surface area contributed by atoms with Crippen molar-refractivity contribution in [2.45, 2.75) is 32.7 Å². The largest absolute Gasteiger partial charge is 0.382 e. The van der Waals surface area contributed by atoms with Gasteiger partial charge in [-0.2, -0.15) is 0 Å². The number of nitrogens with one attached hydrogen (secondary N) is 1. The number of amides is 1. The van der Waals surface area contributed by atoms with E-state index in [2.05, 4.69) is 55.3 Å². The van der Waals surface area contributed by atoms with Gasteiger partial charge >= 0.3 is 0 Å². The second kappa shape index (κ2) is 8.78. The van der Waals surface area contributed by atoms with Gasteiger partial charge < -0.3 is 16.0 Å². The summed E-state index contributed by atoms with van der Waals surface area (Å²) in [6.07, 6.45) is 1.55. The minimum absolute atomic E-state index is 0.00434. The van der Waals surface area contributed by atoms with Gasteiger partial charge in [0.1, 0.15) is 5.82 Å². The SMILES string of the molecule is CC(C)N1CCC(C(=O)Nc2nonc2C(N)=Nc2ccc(F)c(Br)c2)CC1. The average Bonchev–Trinajstić information content (AvgIpc) is 3.13. The first-order valence-corrected chi connectivity index (χ1v) is 9.81. The Morgan fingerprint density at radius 1 is 1.39 bits per heavy atom. The maximum atomic E-state index is 13.3. The van der Waals surface area contributed by atoms with E-state index in [-0.39, 0.29) is 33.6 Å². The molecule has 1 aromatic carbocycles. The highest BCUT2D eigenvalue weighted by Crippen LogP contribution is 2.24. The summed E-state index contributed by atoms with van der Waals surface area (Å²) in [6.45, 7) is 6.05. The Morgan fingerprint density at radius 2 is 2.11 bits per heavy atom. The molecule has 0 unspecified atom stereocenters. The van der Waals surface area contributed by atoms with Crippen molar-refractivity contribution >= 4 is 39.2 Å². The van der Waals surface area contributed by atoms with Gasteiger partial charge in [0.2, 0.25) is 11.7 Å². The molecule has 1 saturated heterocycles. The van der Waals surface area contributed by atoms with Crippen molar-refractivity contribution in [1.29, 1.82) is 0 Å². The smallest absolute Gasteiger partial charge is 0.228 e. The number of hydrogen-bond donors (Lipinski definition) is 2. The fraction of sp³-hybridized carbons (Fsp3) is 0.444. The molecule has 8 nitrogen and oxygen atoms in total. The van der Waals surface area contributed by atoms with Crippen LogP contribution in [0.5, 0.6) is 0 Å². The van der Waals surface area contributed by atoms with E-state index in [1.54, 1.807) is 0 Å². The van der Waals surface area contributed by atoms with Crippen LogP contribution in [0.1, 0.15) is 32.4 Å². The van der Waals surface area contributed by atoms with Crippen LogP contribution in [0.15, 0.2) is 32.3 Å². The number of halogens is 2. The number of carbonyl (C=O) groups excluding carboxylic acids is 1. The summed E-state index contributed by atoms with van der Waals surface area (Å²) < 4.78 is 18.3. The molecular weight excluding hydrogens is 431 g/mol. The number of piperidine rings is 1. The van der Waals surface area contributed by atoms with Gasteiger partial charge in [0.05, 0.1) is 10.2 Å². The number of hydrogen-bond acceptors (Lipinski definition) is 6. The Bertz CT molecular complexity index is 877. The molecule has 1 aliphatic rings. The van der Waals surface area contributed by atoms with Gasteiger partial charge in [-0.25, -0.2) is 14.0 Å². The summed E-state index contributed by atoms with van der Waals surface area (Å²) >= 11 is 3.10. The molecule has 0 atom stereocenters. The third-order valence-corrected chi connectivity index (χ3v) is 5.36. The first-order chi connectivity index (χ1) is 13.3. The number of rotatable bonds is 5. The molecule has 10 heteroatoms. The van der Waals surface area contributed by atoms with Crippen LogP contribution in [0.2, 0.25) is 0 Å². The van der Waals surface area contributed by atoms with Crippen LogP contribution in [0.4, 0.5) is 15.9 Å². The van der Waals surface area contributed by atoms with E-state index >= 15 is 0 Å². The van der Waals surface area contributed by atoms with Crippen LogP contribution in [0.25, 0.3) is 0 Å². The summed E-state index contributed by atoms with van der Waals surface area (Å²) in [4.78, 5) is 19.1. The van der Waals surface area contributed by atoms with Crippen LogP contribution in [0.3, 0.4) is 0 Å². The number of carbonyl (C=O) groups is 1. The van der Waals surface area contributed by atoms with Crippen LogP contribution in [0, 0.1) is 11.7 Å². The molecular formula is C18H22BrFN6O2. The number of aromatic nitrogens is 2. The molecule has 0 bridgehead atoms. The molecule has 0 radical (unpaired) electrons. The van der Waals surface area contributed by atoms with E-state index in [1.807, 2.05) is 0 Å². The highest BCUT2D eigenvalue weighted by molar-refractivity contribution is 9.10. The minimum atomic E-state index is -0.405. The van der Waals surface area contributed by atoms with E-state index in [4.69, 9.17) is 10.4 Å². The number of nitrogens with two attached hydrogens (primary N) is 1. The van der Waals surface area contributed by atoms with Gasteiger partial charge in [-0.1, -0.05) is 0 Å². The minimum Gasteiger partial charge on any atom is -0.382 e. The topological polar surface area (TPSA) is 110 Å². The molecule has 28 heavy (non-hydrogen) atoms. The maximum Gasteiger partial charge on any atom is 0.228 e. The standard InChI is InChI=1S/C18H22BrFN6O2/c1-10(2)26-7-5-11(6-8-26)18(27)23-17-15(24-28-25-17)16(21)22-12-3-4-14(20)13(19)9-12/h3-4,9-11H,5-8H2,1-2H3,(H2,21,22)(H,23,25,27). The molecule has 1 amide bonds. The van der Waals surface area contributed by atoms with Gasteiger partial charge in [-0.15, -0.1) is 0 Å². The molecule has 3 N–H and O–H groups in total. The zero-order valence-electron chi connectivity index (χ0n) is 15.7. The summed E-state index contributed by atoms with van der Waals surface area (Å²) in [5.41, 5.74) is 6.54. The fourth-order valence-electron chi connectivity index (χ4n) is 3.08. The summed E-state index contributed by atoms with van der Waals surface area (Å²) in [6, 6.07) is 4.69. The van der Waals surface area contributed by atoms with E-state index in [1.165, 1.54) is 18.2 Å². The number of likely N-dealkylation sites (tertiary alicyclic amines) is 1. The maximum absolute atomic E-state index is 13.3. The molecule has 3 rings (SSSR count). The first-order valence-electron chi connectivity index (χ1n) is 9.02. The molecule has 150 valence electrons. The second-order valence-corrected chi connectivity index (χ2v) is 7.80. The number of benzene rings is 1. The van der Waals surface area contributed by atoms with Crippen molar-refractivity contribution in [2.24, 2.45) is 16.6 Å². The molecule has 1 aromatic heterocycles. The summed E-state index contributed by atoms with van der Waals surface area (Å²) in [5, 5.41) is 10.2. The molecule has 0 spiro atoms. The Morgan fingerprint density at radius 3 is 2.75 bits per heavy atom. The van der Waals surface area contributed by atoms with Crippen molar-refractivity contribution < 1.29 is 13.8 Å². The van der Waals surface area contributed by atoms with E-state index in [0.29, 0.717) is 11.7 Å². The van der Waals surface area contributed by atoms with Crippen LogP contribution in [-0.2, 0) is 4.79 Å². The normalized spacial score (nSPS) is 16.5. The predicted molar refractivity (Wildman–Crippen MR) is 107 cm³/mol. The van der Waals surface area contributed by atoms with Crippen molar-refractivity contribution in [2.75, 3.05) is 18.4 Å². The zero-order valence-corrected chi connectivity index (χ0v) is 17.2. The van der Waals surface area contributed by atoms with Gasteiger partial charge in [0.15, 0.2) is 11.5 Å². The van der Waals surface area contributed by atoms with Gasteiger partial charge in [-0.05, 0) is 84.2 Å². The Balaban J connectivity index is 1.69. The van der Waals surface area contributed by atoms with Gasteiger partial charge in [-0.3, -0.25) is 4.79 Å². The zero-order chi connectivity index (χ0) is 20.3. The number of aliphatic imine (C=N–C) groups is 1. The lowest BCUT2D eigenvalue weighted by Crippen LogP contribution is -2.41. The molecule has 0 aliphatic carbocycles. The third kappa shape index (κ3) is 4.74. The van der Waals surface area contributed by atoms with E-state index in [0.717, 1.165) is 25.9 Å². The average molecular weight is 453 g/mol. The fourth-order valence-corrected chi connectivity index (χ4v) is 3.45. The lowest BCUT2D eigenvalue weighted by Gasteiger charge is -2.33. The molecule has 1 fully saturated rings. The third-order valence-electron chi connectivity index (χ3n) is 4.76. The predicted octanol–water partition coefficient (Wildman–Crippen LogP) is 3.07. The monoisotopic (exact) mass is 452 g/mol. The van der Waals surface area contributed by atoms with Crippen molar-refractivity contribution in [3.8, 4) is 0 Å². The van der Waals surface area contributed by atoms with Crippen molar-refractivity contribution in [1.82, 2.24) is 15.2 Å². The molecule has 1 aliphatic heterocycles. The van der Waals surface area contributed by atoms with E-state index in [9.17, 15) is 9.18 Å². The van der Waals surface area contributed by atoms with Crippen LogP contribution < -0.4 is 11.1 Å².